The zero-order valence-corrected chi connectivity index (χ0v) is 18.8. The molecule has 2 atom stereocenters. The third kappa shape index (κ3) is 4.11. The topological polar surface area (TPSA) is 96.0 Å². The van der Waals surface area contributed by atoms with Gasteiger partial charge in [-0.25, -0.2) is 22.4 Å². The fourth-order valence-electron chi connectivity index (χ4n) is 3.58. The third-order valence-corrected chi connectivity index (χ3v) is 7.49. The molecule has 0 unspecified atom stereocenters. The van der Waals surface area contributed by atoms with E-state index in [2.05, 4.69) is 5.32 Å². The Bertz CT molecular complexity index is 1180. The maximum absolute atomic E-state index is 13.5. The molecule has 2 heterocycles. The summed E-state index contributed by atoms with van der Waals surface area (Å²) in [4.78, 5) is 26.1. The van der Waals surface area contributed by atoms with Gasteiger partial charge in [0.1, 0.15) is 12.6 Å². The normalized spacial score (nSPS) is 21.2. The first kappa shape index (κ1) is 22.0. The van der Waals surface area contributed by atoms with Crippen LogP contribution < -0.4 is 5.32 Å². The van der Waals surface area contributed by atoms with Gasteiger partial charge in [0, 0.05) is 0 Å². The smallest absolute Gasteiger partial charge is 0.416 e. The van der Waals surface area contributed by atoms with Gasteiger partial charge in [0.05, 0.1) is 17.5 Å². The van der Waals surface area contributed by atoms with E-state index in [0.717, 1.165) is 20.3 Å². The number of amides is 2. The van der Waals surface area contributed by atoms with Crippen LogP contribution >= 0.6 is 12.2 Å². The summed E-state index contributed by atoms with van der Waals surface area (Å²) >= 11 is 5.34. The highest BCUT2D eigenvalue weighted by Crippen LogP contribution is 2.27. The molecule has 10 heteroatoms. The van der Waals surface area contributed by atoms with Crippen LogP contribution in [0.3, 0.4) is 0 Å². The second-order valence-electron chi connectivity index (χ2n) is 7.41. The van der Waals surface area contributed by atoms with Crippen molar-refractivity contribution in [3.8, 4) is 0 Å². The Kier molecular flexibility index (Phi) is 5.98. The summed E-state index contributed by atoms with van der Waals surface area (Å²) in [6, 6.07) is 13.6. The standard InChI is InChI=1S/C22H21N3O5S2/c1-15-7-10-17(11-8-15)32(28,29)25-18(12-9-16-5-3-2-4-6-16)19(23-21(25)31)20(26)24-13-14-30-22(24)27/h2-12,18-19H,13-14H2,1H3,(H,23,31)/b12-9+/t18-,19-/m0/s1. The molecule has 2 aromatic carbocycles. The average Bonchev–Trinajstić information content (AvgIpc) is 3.35. The summed E-state index contributed by atoms with van der Waals surface area (Å²) in [6.45, 7) is 2.05. The number of aryl methyl sites for hydroxylation is 1. The summed E-state index contributed by atoms with van der Waals surface area (Å²) in [6.07, 6.45) is 2.58. The number of thiocarbonyl (C=S) groups is 1. The number of sulfonamides is 1. The highest BCUT2D eigenvalue weighted by Gasteiger charge is 2.49. The predicted molar refractivity (Wildman–Crippen MR) is 122 cm³/mol. The Hall–Kier alpha value is -3.24. The summed E-state index contributed by atoms with van der Waals surface area (Å²) in [7, 11) is -4.07. The lowest BCUT2D eigenvalue weighted by Crippen LogP contribution is -2.49. The van der Waals surface area contributed by atoms with Crippen LogP contribution in [0, 0.1) is 6.92 Å². The number of hydrogen-bond acceptors (Lipinski definition) is 6. The van der Waals surface area contributed by atoms with Crippen LogP contribution in [0.5, 0.6) is 0 Å². The van der Waals surface area contributed by atoms with Crippen molar-refractivity contribution in [2.75, 3.05) is 13.2 Å². The fourth-order valence-corrected chi connectivity index (χ4v) is 5.61. The Labute approximate surface area is 191 Å². The minimum Gasteiger partial charge on any atom is -0.447 e. The quantitative estimate of drug-likeness (QED) is 0.669. The molecule has 2 aliphatic heterocycles. The largest absolute Gasteiger partial charge is 0.447 e. The molecule has 2 aromatic rings. The molecular formula is C22H21N3O5S2. The number of rotatable bonds is 5. The van der Waals surface area contributed by atoms with E-state index in [9.17, 15) is 18.0 Å². The molecule has 8 nitrogen and oxygen atoms in total. The lowest BCUT2D eigenvalue weighted by atomic mass is 10.1. The molecule has 0 spiro atoms. The van der Waals surface area contributed by atoms with Crippen LogP contribution in [-0.2, 0) is 19.6 Å². The van der Waals surface area contributed by atoms with Crippen molar-refractivity contribution in [2.24, 2.45) is 0 Å². The van der Waals surface area contributed by atoms with E-state index in [1.54, 1.807) is 24.3 Å². The van der Waals surface area contributed by atoms with Gasteiger partial charge in [0.25, 0.3) is 15.9 Å². The number of nitrogens with one attached hydrogen (secondary N) is 1. The van der Waals surface area contributed by atoms with Gasteiger partial charge in [0.15, 0.2) is 5.11 Å². The van der Waals surface area contributed by atoms with E-state index in [1.807, 2.05) is 37.3 Å². The second-order valence-corrected chi connectivity index (χ2v) is 9.61. The highest BCUT2D eigenvalue weighted by atomic mass is 32.2. The molecule has 4 rings (SSSR count). The minimum absolute atomic E-state index is 0.0547. The molecule has 0 aliphatic carbocycles. The van der Waals surface area contributed by atoms with Gasteiger partial charge >= 0.3 is 6.09 Å². The molecular weight excluding hydrogens is 450 g/mol. The van der Waals surface area contributed by atoms with E-state index >= 15 is 0 Å². The zero-order valence-electron chi connectivity index (χ0n) is 17.2. The Morgan fingerprint density at radius 2 is 1.84 bits per heavy atom. The monoisotopic (exact) mass is 471 g/mol. The summed E-state index contributed by atoms with van der Waals surface area (Å²) < 4.78 is 32.9. The number of imide groups is 1. The van der Waals surface area contributed by atoms with Crippen LogP contribution in [0.4, 0.5) is 4.79 Å². The van der Waals surface area contributed by atoms with Crippen LogP contribution in [0.1, 0.15) is 11.1 Å². The molecule has 0 radical (unpaired) electrons. The zero-order chi connectivity index (χ0) is 22.9. The lowest BCUT2D eigenvalue weighted by Gasteiger charge is -2.25. The number of hydrogen-bond donors (Lipinski definition) is 1. The first-order valence-corrected chi connectivity index (χ1v) is 11.8. The van der Waals surface area contributed by atoms with Crippen molar-refractivity contribution in [2.45, 2.75) is 23.9 Å². The summed E-state index contributed by atoms with van der Waals surface area (Å²) in [5, 5.41) is 2.69. The summed E-state index contributed by atoms with van der Waals surface area (Å²) in [5.41, 5.74) is 1.73. The number of benzene rings is 2. The Morgan fingerprint density at radius 3 is 2.47 bits per heavy atom. The molecule has 32 heavy (non-hydrogen) atoms. The number of ether oxygens (including phenoxy) is 1. The van der Waals surface area contributed by atoms with E-state index in [0.29, 0.717) is 0 Å². The first-order chi connectivity index (χ1) is 15.3. The van der Waals surface area contributed by atoms with Gasteiger partial charge in [0.2, 0.25) is 0 Å². The van der Waals surface area contributed by atoms with Gasteiger partial charge in [-0.15, -0.1) is 0 Å². The van der Waals surface area contributed by atoms with Crippen LogP contribution in [-0.4, -0.2) is 60.0 Å². The van der Waals surface area contributed by atoms with E-state index in [4.69, 9.17) is 17.0 Å². The lowest BCUT2D eigenvalue weighted by molar-refractivity contribution is -0.129. The SMILES string of the molecule is Cc1ccc(S(=O)(=O)N2C(=S)N[C@H](C(=O)N3CCOC3=O)[C@@H]2/C=C/c2ccccc2)cc1. The second kappa shape index (κ2) is 8.71. The highest BCUT2D eigenvalue weighted by molar-refractivity contribution is 7.91. The van der Waals surface area contributed by atoms with Crippen molar-refractivity contribution in [1.82, 2.24) is 14.5 Å². The van der Waals surface area contributed by atoms with Crippen molar-refractivity contribution in [3.63, 3.8) is 0 Å². The van der Waals surface area contributed by atoms with Gasteiger partial charge in [-0.05, 0) is 36.8 Å². The van der Waals surface area contributed by atoms with Crippen LogP contribution in [0.25, 0.3) is 6.08 Å². The fraction of sp³-hybridized carbons (Fsp3) is 0.227. The third-order valence-electron chi connectivity index (χ3n) is 5.25. The van der Waals surface area contributed by atoms with E-state index in [1.165, 1.54) is 12.1 Å². The number of carbonyl (C=O) groups excluding carboxylic acids is 2. The number of carbonyl (C=O) groups is 2. The number of cyclic esters (lactones) is 1. The van der Waals surface area contributed by atoms with Gasteiger partial charge in [-0.3, -0.25) is 4.79 Å². The molecule has 2 aliphatic rings. The van der Waals surface area contributed by atoms with Gasteiger partial charge in [-0.1, -0.05) is 60.2 Å². The molecule has 0 bridgehead atoms. The molecule has 2 saturated heterocycles. The molecule has 1 N–H and O–H groups in total. The Balaban J connectivity index is 1.74. The maximum Gasteiger partial charge on any atom is 0.416 e. The van der Waals surface area contributed by atoms with Crippen molar-refractivity contribution < 1.29 is 22.7 Å². The average molecular weight is 472 g/mol. The van der Waals surface area contributed by atoms with Gasteiger partial charge in [-0.2, -0.15) is 0 Å². The molecule has 0 aromatic heterocycles. The van der Waals surface area contributed by atoms with Crippen molar-refractivity contribution in [3.05, 3.63) is 71.8 Å². The predicted octanol–water partition coefficient (Wildman–Crippen LogP) is 2.30. The molecule has 0 saturated carbocycles. The minimum atomic E-state index is -4.07. The van der Waals surface area contributed by atoms with Crippen LogP contribution in [0.15, 0.2) is 65.6 Å². The van der Waals surface area contributed by atoms with Gasteiger partial charge < -0.3 is 10.1 Å². The van der Waals surface area contributed by atoms with E-state index in [-0.39, 0.29) is 23.2 Å². The summed E-state index contributed by atoms with van der Waals surface area (Å²) in [5.74, 6) is -0.598. The van der Waals surface area contributed by atoms with Crippen LogP contribution in [0.2, 0.25) is 0 Å². The van der Waals surface area contributed by atoms with Crippen molar-refractivity contribution in [1.29, 1.82) is 0 Å². The number of nitrogens with zero attached hydrogens (tertiary/aromatic N) is 2. The van der Waals surface area contributed by atoms with E-state index < -0.39 is 34.1 Å². The van der Waals surface area contributed by atoms with Crippen molar-refractivity contribution >= 4 is 45.4 Å². The Morgan fingerprint density at radius 1 is 1.16 bits per heavy atom. The molecule has 2 fully saturated rings. The first-order valence-electron chi connectivity index (χ1n) is 9.92. The molecule has 2 amide bonds. The maximum atomic E-state index is 13.5. The molecule has 166 valence electrons.